The molecule has 2 atom stereocenters. The molecule has 1 saturated carbocycles. The van der Waals surface area contributed by atoms with Crippen molar-refractivity contribution in [3.63, 3.8) is 0 Å². The van der Waals surface area contributed by atoms with Crippen molar-refractivity contribution in [2.75, 3.05) is 6.54 Å². The molecule has 2 aromatic rings. The summed E-state index contributed by atoms with van der Waals surface area (Å²) in [4.78, 5) is 41.2. The summed E-state index contributed by atoms with van der Waals surface area (Å²) in [5.74, 6) is -0.476. The van der Waals surface area contributed by atoms with Crippen LogP contribution in [0.1, 0.15) is 64.6 Å². The Kier molecular flexibility index (Phi) is 11.0. The number of aromatic hydroxyl groups is 1. The summed E-state index contributed by atoms with van der Waals surface area (Å²) in [5.41, 5.74) is 2.70. The molecule has 4 rings (SSSR count). The number of hydrogen-bond donors (Lipinski definition) is 3. The quantitative estimate of drug-likeness (QED) is 0.374. The number of phenols is 1. The van der Waals surface area contributed by atoms with Crippen molar-refractivity contribution in [3.8, 4) is 16.2 Å². The molecule has 2 heterocycles. The second-order valence-corrected chi connectivity index (χ2v) is 11.7. The van der Waals surface area contributed by atoms with E-state index in [1.165, 1.54) is 16.2 Å². The van der Waals surface area contributed by atoms with E-state index in [0.717, 1.165) is 29.0 Å². The van der Waals surface area contributed by atoms with Gasteiger partial charge in [-0.3, -0.25) is 14.4 Å². The van der Waals surface area contributed by atoms with Gasteiger partial charge in [-0.1, -0.05) is 32.9 Å². The van der Waals surface area contributed by atoms with Gasteiger partial charge in [-0.2, -0.15) is 0 Å². The molecule has 0 bridgehead atoms. The number of phenolic OH excluding ortho intramolecular Hbond substituents is 1. The molecular formula is C27H37FN4O4SW. The van der Waals surface area contributed by atoms with Crippen LogP contribution < -0.4 is 10.6 Å². The largest absolute Gasteiger partial charge is 0.508 e. The number of halogens is 1. The number of carbonyl (C=O) groups is 3. The fourth-order valence-electron chi connectivity index (χ4n) is 3.81. The first-order chi connectivity index (χ1) is 17.4. The fourth-order valence-corrected chi connectivity index (χ4v) is 4.61. The van der Waals surface area contributed by atoms with E-state index in [9.17, 15) is 23.9 Å². The van der Waals surface area contributed by atoms with Crippen LogP contribution in [0.5, 0.6) is 5.75 Å². The minimum Gasteiger partial charge on any atom is -0.508 e. The first kappa shape index (κ1) is 31.9. The van der Waals surface area contributed by atoms with Gasteiger partial charge in [-0.05, 0) is 56.6 Å². The van der Waals surface area contributed by atoms with Gasteiger partial charge in [0.2, 0.25) is 12.3 Å². The molecule has 1 aromatic heterocycles. The van der Waals surface area contributed by atoms with Crippen LogP contribution in [-0.2, 0) is 42.0 Å². The number of amides is 3. The number of nitrogens with one attached hydrogen (secondary N) is 2. The Hall–Kier alpha value is -2.32. The molecule has 3 amide bonds. The summed E-state index contributed by atoms with van der Waals surface area (Å²) in [5, 5.41) is 15.7. The Morgan fingerprint density at radius 2 is 2.03 bits per heavy atom. The third kappa shape index (κ3) is 8.09. The van der Waals surface area contributed by atoms with Gasteiger partial charge in [0, 0.05) is 45.8 Å². The van der Waals surface area contributed by atoms with Crippen LogP contribution in [0.2, 0.25) is 0 Å². The second-order valence-electron chi connectivity index (χ2n) is 10.9. The maximum atomic E-state index is 13.2. The fraction of sp³-hybridized carbons (Fsp3) is 0.556. The minimum atomic E-state index is -1.54. The van der Waals surface area contributed by atoms with Crippen LogP contribution in [0.25, 0.3) is 10.4 Å². The van der Waals surface area contributed by atoms with Crippen LogP contribution in [-0.4, -0.2) is 57.5 Å². The van der Waals surface area contributed by atoms with Crippen LogP contribution in [0.4, 0.5) is 4.39 Å². The molecule has 8 nitrogen and oxygen atoms in total. The Bertz CT molecular complexity index is 1130. The zero-order chi connectivity index (χ0) is 27.4. The number of likely N-dealkylation sites (tertiary alicyclic amines) is 1. The molecule has 38 heavy (non-hydrogen) atoms. The Labute approximate surface area is 242 Å². The maximum absolute atomic E-state index is 13.2. The summed E-state index contributed by atoms with van der Waals surface area (Å²) < 4.78 is 13.2. The van der Waals surface area contributed by atoms with Crippen molar-refractivity contribution >= 4 is 29.6 Å². The molecule has 0 spiro atoms. The topological polar surface area (TPSA) is 112 Å². The molecule has 3 N–H and O–H groups in total. The molecule has 1 aromatic carbocycles. The van der Waals surface area contributed by atoms with Crippen LogP contribution in [0, 0.1) is 12.3 Å². The van der Waals surface area contributed by atoms with Crippen molar-refractivity contribution in [2.45, 2.75) is 84.6 Å². The summed E-state index contributed by atoms with van der Waals surface area (Å²) in [6.45, 7) is 10.8. The van der Waals surface area contributed by atoms with Gasteiger partial charge in [-0.25, -0.2) is 9.37 Å². The van der Waals surface area contributed by atoms with E-state index in [1.807, 2.05) is 40.7 Å². The normalized spacial score (nSPS) is 18.4. The number of benzene rings is 1. The maximum Gasteiger partial charge on any atom is 0.257 e. The summed E-state index contributed by atoms with van der Waals surface area (Å²) in [7, 11) is 0. The molecule has 208 valence electrons. The van der Waals surface area contributed by atoms with E-state index in [1.54, 1.807) is 17.6 Å². The standard InChI is InChI=1S/C17H19N3O3S.C10H18FNO.W/c1-11-16(24-9-19-11)12-4-5-13(15(22)7-12)8-18-17(23)14-3-2-6-20(14)10-21;1-7(9(2,3)4)12-8(13)10(11)5-6-10;/h4-5,7,9-10,14,22H,2-3,6,8H2,1H3,(H,18,23);7H,5-6H2,1-4H3,(H,12,13);. The van der Waals surface area contributed by atoms with Gasteiger partial charge in [0.25, 0.3) is 5.91 Å². The van der Waals surface area contributed by atoms with E-state index >= 15 is 0 Å². The summed E-state index contributed by atoms with van der Waals surface area (Å²) in [6.07, 6.45) is 3.01. The average molecular weight is 717 g/mol. The number of hydrogen-bond acceptors (Lipinski definition) is 6. The van der Waals surface area contributed by atoms with Gasteiger partial charge >= 0.3 is 0 Å². The first-order valence-corrected chi connectivity index (χ1v) is 13.4. The predicted molar refractivity (Wildman–Crippen MR) is 142 cm³/mol. The molecule has 1 aliphatic heterocycles. The van der Waals surface area contributed by atoms with Gasteiger partial charge in [-0.15, -0.1) is 11.3 Å². The van der Waals surface area contributed by atoms with Crippen molar-refractivity contribution in [2.24, 2.45) is 5.41 Å². The number of aryl methyl sites for hydroxylation is 1. The third-order valence-electron chi connectivity index (χ3n) is 7.02. The van der Waals surface area contributed by atoms with E-state index in [-0.39, 0.29) is 50.7 Å². The number of aromatic nitrogens is 1. The number of alkyl halides is 1. The van der Waals surface area contributed by atoms with E-state index < -0.39 is 17.6 Å². The van der Waals surface area contributed by atoms with Crippen LogP contribution in [0.3, 0.4) is 0 Å². The van der Waals surface area contributed by atoms with E-state index in [0.29, 0.717) is 31.4 Å². The van der Waals surface area contributed by atoms with Gasteiger partial charge in [0.15, 0.2) is 5.67 Å². The van der Waals surface area contributed by atoms with E-state index in [4.69, 9.17) is 0 Å². The van der Waals surface area contributed by atoms with Crippen LogP contribution in [0.15, 0.2) is 23.7 Å². The number of carbonyl (C=O) groups excluding carboxylic acids is 3. The van der Waals surface area contributed by atoms with Gasteiger partial charge in [0.1, 0.15) is 11.8 Å². The molecule has 0 radical (unpaired) electrons. The monoisotopic (exact) mass is 716 g/mol. The van der Waals surface area contributed by atoms with Crippen molar-refractivity contribution in [1.82, 2.24) is 20.5 Å². The first-order valence-electron chi connectivity index (χ1n) is 12.6. The van der Waals surface area contributed by atoms with E-state index in [2.05, 4.69) is 15.6 Å². The van der Waals surface area contributed by atoms with Crippen LogP contribution >= 0.6 is 11.3 Å². The minimum absolute atomic E-state index is 0. The average Bonchev–Trinajstić information content (AvgIpc) is 3.22. The SMILES string of the molecule is CC(NC(=O)C1(F)CC1)C(C)(C)C.Cc1ncsc1-c1ccc(CNC(=O)C2CCCN2C=O)c(O)c1.[W]. The van der Waals surface area contributed by atoms with Crippen molar-refractivity contribution in [1.29, 1.82) is 0 Å². The summed E-state index contributed by atoms with van der Waals surface area (Å²) >= 11 is 1.52. The Morgan fingerprint density at radius 3 is 2.55 bits per heavy atom. The third-order valence-corrected chi connectivity index (χ3v) is 8.00. The van der Waals surface area contributed by atoms with Gasteiger partial charge < -0.3 is 20.6 Å². The Morgan fingerprint density at radius 1 is 1.34 bits per heavy atom. The molecule has 1 aliphatic carbocycles. The second kappa shape index (κ2) is 13.2. The molecule has 2 aliphatic rings. The molecule has 1 saturated heterocycles. The number of rotatable bonds is 7. The zero-order valence-corrected chi connectivity index (χ0v) is 26.3. The zero-order valence-electron chi connectivity index (χ0n) is 22.5. The number of nitrogens with zero attached hydrogens (tertiary/aromatic N) is 2. The van der Waals surface area contributed by atoms with Crippen molar-refractivity contribution in [3.05, 3.63) is 35.0 Å². The molecule has 2 unspecified atom stereocenters. The smallest absolute Gasteiger partial charge is 0.257 e. The molecule has 11 heteroatoms. The number of thiazole rings is 1. The summed E-state index contributed by atoms with van der Waals surface area (Å²) in [6, 6.07) is 5.01. The van der Waals surface area contributed by atoms with Crippen molar-refractivity contribution < 1.29 is 44.9 Å². The predicted octanol–water partition coefficient (Wildman–Crippen LogP) is 4.10. The molecule has 2 fully saturated rings. The molecular weight excluding hydrogens is 679 g/mol. The van der Waals surface area contributed by atoms with Gasteiger partial charge in [0.05, 0.1) is 16.1 Å². The Balaban J connectivity index is 0.000000309.